The second-order valence-corrected chi connectivity index (χ2v) is 11.6. The summed E-state index contributed by atoms with van der Waals surface area (Å²) in [5, 5.41) is 6.12. The maximum atomic E-state index is 13.2. The summed E-state index contributed by atoms with van der Waals surface area (Å²) in [6.07, 6.45) is 5.02. The number of amides is 2. The van der Waals surface area contributed by atoms with E-state index in [2.05, 4.69) is 10.6 Å². The zero-order valence-corrected chi connectivity index (χ0v) is 23.0. The molecule has 0 spiro atoms. The summed E-state index contributed by atoms with van der Waals surface area (Å²) >= 11 is 2.90. The molecule has 1 heterocycles. The number of ether oxygens (including phenoxy) is 1. The first-order valence-electron chi connectivity index (χ1n) is 12.6. The van der Waals surface area contributed by atoms with Crippen molar-refractivity contribution in [3.05, 3.63) is 75.7 Å². The second kappa shape index (κ2) is 12.4. The first-order chi connectivity index (χ1) is 17.9. The largest absolute Gasteiger partial charge is 0.462 e. The van der Waals surface area contributed by atoms with Crippen molar-refractivity contribution in [1.82, 2.24) is 0 Å². The van der Waals surface area contributed by atoms with E-state index in [-0.39, 0.29) is 17.8 Å². The third-order valence-corrected chi connectivity index (χ3v) is 8.60. The highest BCUT2D eigenvalue weighted by molar-refractivity contribution is 8.00. The Morgan fingerprint density at radius 1 is 1.03 bits per heavy atom. The van der Waals surface area contributed by atoms with Crippen molar-refractivity contribution in [2.45, 2.75) is 63.0 Å². The Kier molecular flexibility index (Phi) is 9.05. The lowest BCUT2D eigenvalue weighted by molar-refractivity contribution is -0.115. The highest BCUT2D eigenvalue weighted by atomic mass is 32.2. The molecule has 0 radical (unpaired) electrons. The summed E-state index contributed by atoms with van der Waals surface area (Å²) in [5.41, 5.74) is 3.75. The van der Waals surface area contributed by atoms with Crippen LogP contribution in [-0.2, 0) is 22.4 Å². The van der Waals surface area contributed by atoms with E-state index in [9.17, 15) is 14.4 Å². The Morgan fingerprint density at radius 2 is 1.81 bits per heavy atom. The van der Waals surface area contributed by atoms with Crippen molar-refractivity contribution in [3.63, 3.8) is 0 Å². The molecule has 1 aliphatic carbocycles. The van der Waals surface area contributed by atoms with Gasteiger partial charge in [-0.2, -0.15) is 0 Å². The van der Waals surface area contributed by atoms with Crippen LogP contribution in [0, 0.1) is 6.92 Å². The molecule has 1 aliphatic rings. The molecule has 1 unspecified atom stereocenters. The molecular formula is C29H32N2O4S2. The number of esters is 1. The molecule has 1 atom stereocenters. The first-order valence-corrected chi connectivity index (χ1v) is 14.3. The lowest BCUT2D eigenvalue weighted by atomic mass is 10.1. The zero-order valence-electron chi connectivity index (χ0n) is 21.4. The van der Waals surface area contributed by atoms with Crippen molar-refractivity contribution >= 4 is 51.6 Å². The van der Waals surface area contributed by atoms with Crippen LogP contribution >= 0.6 is 23.1 Å². The van der Waals surface area contributed by atoms with Gasteiger partial charge < -0.3 is 15.4 Å². The van der Waals surface area contributed by atoms with E-state index < -0.39 is 5.25 Å². The topological polar surface area (TPSA) is 84.5 Å². The van der Waals surface area contributed by atoms with E-state index in [4.69, 9.17) is 4.74 Å². The molecule has 0 fully saturated rings. The molecule has 2 N–H and O–H groups in total. The molecule has 2 aromatic carbocycles. The van der Waals surface area contributed by atoms with Gasteiger partial charge in [-0.1, -0.05) is 30.7 Å². The van der Waals surface area contributed by atoms with Crippen LogP contribution in [0.4, 0.5) is 10.7 Å². The number of hydrogen-bond acceptors (Lipinski definition) is 6. The van der Waals surface area contributed by atoms with E-state index in [1.54, 1.807) is 13.0 Å². The van der Waals surface area contributed by atoms with Gasteiger partial charge in [0, 0.05) is 21.0 Å². The van der Waals surface area contributed by atoms with Crippen LogP contribution < -0.4 is 10.6 Å². The number of hydrogen-bond donors (Lipinski definition) is 2. The number of carbonyl (C=O) groups is 3. The third kappa shape index (κ3) is 6.62. The van der Waals surface area contributed by atoms with E-state index in [0.717, 1.165) is 48.1 Å². The Hall–Kier alpha value is -3.10. The molecule has 194 valence electrons. The number of carbonyl (C=O) groups excluding carboxylic acids is 3. The summed E-state index contributed by atoms with van der Waals surface area (Å²) in [5.74, 6) is -0.717. The summed E-state index contributed by atoms with van der Waals surface area (Å²) in [4.78, 5) is 40.7. The normalized spacial score (nSPS) is 13.7. The number of rotatable bonds is 8. The molecule has 6 nitrogen and oxygen atoms in total. The van der Waals surface area contributed by atoms with Gasteiger partial charge in [0.2, 0.25) is 5.91 Å². The van der Waals surface area contributed by atoms with Gasteiger partial charge in [-0.3, -0.25) is 9.59 Å². The van der Waals surface area contributed by atoms with Crippen LogP contribution in [-0.4, -0.2) is 29.6 Å². The van der Waals surface area contributed by atoms with Crippen LogP contribution in [0.3, 0.4) is 0 Å². The highest BCUT2D eigenvalue weighted by Crippen LogP contribution is 2.38. The second-order valence-electron chi connectivity index (χ2n) is 9.04. The maximum Gasteiger partial charge on any atom is 0.341 e. The standard InChI is InChI=1S/C29H32N2O4S2/c1-4-35-29(34)25-23-15-6-5-7-16-24(23)37-28(25)31-26(32)19(3)36-21-13-10-12-20(17-21)30-27(33)22-14-9-8-11-18(22)2/h8-14,17,19H,4-7,15-16H2,1-3H3,(H,30,33)(H,31,32). The Labute approximate surface area is 226 Å². The lowest BCUT2D eigenvalue weighted by Crippen LogP contribution is -2.23. The number of anilines is 2. The fraction of sp³-hybridized carbons (Fsp3) is 0.345. The van der Waals surface area contributed by atoms with Gasteiger partial charge in [0.05, 0.1) is 17.4 Å². The molecule has 0 saturated heterocycles. The minimum atomic E-state index is -0.417. The fourth-order valence-corrected chi connectivity index (χ4v) is 6.60. The van der Waals surface area contributed by atoms with Crippen molar-refractivity contribution < 1.29 is 19.1 Å². The van der Waals surface area contributed by atoms with Crippen LogP contribution in [0.15, 0.2) is 53.4 Å². The van der Waals surface area contributed by atoms with E-state index in [1.807, 2.05) is 56.3 Å². The van der Waals surface area contributed by atoms with Crippen LogP contribution in [0.5, 0.6) is 0 Å². The van der Waals surface area contributed by atoms with Crippen LogP contribution in [0.1, 0.15) is 69.8 Å². The molecule has 1 aromatic heterocycles. The van der Waals surface area contributed by atoms with Gasteiger partial charge in [-0.15, -0.1) is 23.1 Å². The number of benzene rings is 2. The molecule has 0 saturated carbocycles. The quantitative estimate of drug-likeness (QED) is 0.186. The smallest absolute Gasteiger partial charge is 0.341 e. The Balaban J connectivity index is 1.45. The van der Waals surface area contributed by atoms with Crippen molar-refractivity contribution in [1.29, 1.82) is 0 Å². The number of thiophene rings is 1. The Bertz CT molecular complexity index is 1300. The molecule has 2 amide bonds. The zero-order chi connectivity index (χ0) is 26.4. The molecule has 8 heteroatoms. The minimum Gasteiger partial charge on any atom is -0.462 e. The molecule has 3 aromatic rings. The third-order valence-electron chi connectivity index (χ3n) is 6.30. The average molecular weight is 537 g/mol. The molecule has 0 bridgehead atoms. The summed E-state index contributed by atoms with van der Waals surface area (Å²) in [6.45, 7) is 5.82. The molecule has 4 rings (SSSR count). The van der Waals surface area contributed by atoms with E-state index >= 15 is 0 Å². The van der Waals surface area contributed by atoms with Crippen molar-refractivity contribution in [2.75, 3.05) is 17.2 Å². The van der Waals surface area contributed by atoms with E-state index in [0.29, 0.717) is 28.4 Å². The van der Waals surface area contributed by atoms with Gasteiger partial charge in [0.15, 0.2) is 0 Å². The van der Waals surface area contributed by atoms with Gasteiger partial charge >= 0.3 is 5.97 Å². The number of aryl methyl sites for hydroxylation is 2. The summed E-state index contributed by atoms with van der Waals surface area (Å²) < 4.78 is 5.33. The van der Waals surface area contributed by atoms with Crippen LogP contribution in [0.2, 0.25) is 0 Å². The molecular weight excluding hydrogens is 504 g/mol. The highest BCUT2D eigenvalue weighted by Gasteiger charge is 2.27. The minimum absolute atomic E-state index is 0.171. The predicted octanol–water partition coefficient (Wildman–Crippen LogP) is 6.87. The van der Waals surface area contributed by atoms with Gasteiger partial charge in [-0.25, -0.2) is 4.79 Å². The summed E-state index contributed by atoms with van der Waals surface area (Å²) in [7, 11) is 0. The lowest BCUT2D eigenvalue weighted by Gasteiger charge is -2.14. The number of thioether (sulfide) groups is 1. The SMILES string of the molecule is CCOC(=O)c1c(NC(=O)C(C)Sc2cccc(NC(=O)c3ccccc3C)c2)sc2c1CCCCC2. The maximum absolute atomic E-state index is 13.2. The fourth-order valence-electron chi connectivity index (χ4n) is 4.39. The predicted molar refractivity (Wildman–Crippen MR) is 151 cm³/mol. The van der Waals surface area contributed by atoms with Crippen molar-refractivity contribution in [2.24, 2.45) is 0 Å². The average Bonchev–Trinajstić information content (AvgIpc) is 3.04. The summed E-state index contributed by atoms with van der Waals surface area (Å²) in [6, 6.07) is 14.9. The Morgan fingerprint density at radius 3 is 2.59 bits per heavy atom. The van der Waals surface area contributed by atoms with E-state index in [1.165, 1.54) is 28.0 Å². The van der Waals surface area contributed by atoms with Crippen LogP contribution in [0.25, 0.3) is 0 Å². The monoisotopic (exact) mass is 536 g/mol. The number of nitrogens with one attached hydrogen (secondary N) is 2. The van der Waals surface area contributed by atoms with Gasteiger partial charge in [0.1, 0.15) is 5.00 Å². The van der Waals surface area contributed by atoms with Gasteiger partial charge in [-0.05, 0) is 81.8 Å². The first kappa shape index (κ1) is 26.9. The van der Waals surface area contributed by atoms with Gasteiger partial charge in [0.25, 0.3) is 5.91 Å². The van der Waals surface area contributed by atoms with Crippen molar-refractivity contribution in [3.8, 4) is 0 Å². The molecule has 0 aliphatic heterocycles. The number of fused-ring (bicyclic) bond motifs is 1. The molecule has 37 heavy (non-hydrogen) atoms.